The van der Waals surface area contributed by atoms with Crippen LogP contribution in [0.5, 0.6) is 0 Å². The van der Waals surface area contributed by atoms with Crippen molar-refractivity contribution >= 4 is 11.8 Å². The second-order valence-electron chi connectivity index (χ2n) is 8.75. The number of amides is 1. The van der Waals surface area contributed by atoms with E-state index >= 15 is 0 Å². The van der Waals surface area contributed by atoms with Gasteiger partial charge in [-0.3, -0.25) is 4.98 Å². The Bertz CT molecular complexity index is 846. The number of ether oxygens (including phenoxy) is 1. The lowest BCUT2D eigenvalue weighted by atomic mass is 9.75. The maximum Gasteiger partial charge on any atom is 0.408 e. The van der Waals surface area contributed by atoms with Crippen LogP contribution in [-0.2, 0) is 11.3 Å². The summed E-state index contributed by atoms with van der Waals surface area (Å²) in [7, 11) is 0. The quantitative estimate of drug-likeness (QED) is 0.748. The van der Waals surface area contributed by atoms with Crippen molar-refractivity contribution in [1.29, 1.82) is 0 Å². The van der Waals surface area contributed by atoms with E-state index in [9.17, 15) is 4.79 Å². The van der Waals surface area contributed by atoms with Crippen molar-refractivity contribution in [3.8, 4) is 0 Å². The van der Waals surface area contributed by atoms with Crippen molar-refractivity contribution in [3.05, 3.63) is 59.9 Å². The third-order valence-corrected chi connectivity index (χ3v) is 6.82. The zero-order valence-corrected chi connectivity index (χ0v) is 16.7. The Morgan fingerprint density at radius 3 is 2.59 bits per heavy atom. The number of pyridine rings is 1. The number of hydrogen-bond acceptors (Lipinski definition) is 4. The lowest BCUT2D eigenvalue weighted by Crippen LogP contribution is -2.49. The van der Waals surface area contributed by atoms with Crippen LogP contribution in [0.4, 0.5) is 10.5 Å². The molecule has 2 fully saturated rings. The Hall–Kier alpha value is -2.56. The molecule has 5 nitrogen and oxygen atoms in total. The van der Waals surface area contributed by atoms with Crippen LogP contribution in [0.1, 0.15) is 55.8 Å². The van der Waals surface area contributed by atoms with E-state index in [1.165, 1.54) is 38.5 Å². The molecule has 1 aromatic heterocycles. The molecule has 2 aliphatic carbocycles. The van der Waals surface area contributed by atoms with Gasteiger partial charge in [0, 0.05) is 18.2 Å². The fraction of sp³-hybridized carbons (Fsp3) is 0.500. The fourth-order valence-corrected chi connectivity index (χ4v) is 5.30. The minimum Gasteiger partial charge on any atom is -0.445 e. The van der Waals surface area contributed by atoms with Crippen LogP contribution in [-0.4, -0.2) is 17.1 Å². The highest BCUT2D eigenvalue weighted by atomic mass is 16.5. The first kappa shape index (κ1) is 18.5. The van der Waals surface area contributed by atoms with E-state index in [-0.39, 0.29) is 18.7 Å². The van der Waals surface area contributed by atoms with Gasteiger partial charge in [-0.05, 0) is 55.2 Å². The highest BCUT2D eigenvalue weighted by Crippen LogP contribution is 2.51. The first-order chi connectivity index (χ1) is 14.3. The predicted molar refractivity (Wildman–Crippen MR) is 112 cm³/mol. The van der Waals surface area contributed by atoms with E-state index in [2.05, 4.69) is 21.7 Å². The maximum absolute atomic E-state index is 12.7. The van der Waals surface area contributed by atoms with Gasteiger partial charge in [0.1, 0.15) is 6.61 Å². The van der Waals surface area contributed by atoms with Crippen LogP contribution in [0.3, 0.4) is 0 Å². The van der Waals surface area contributed by atoms with Gasteiger partial charge in [-0.2, -0.15) is 0 Å². The Kier molecular flexibility index (Phi) is 5.13. The molecule has 1 aromatic carbocycles. The molecule has 5 heteroatoms. The smallest absolute Gasteiger partial charge is 0.408 e. The van der Waals surface area contributed by atoms with Crippen LogP contribution in [0.15, 0.2) is 48.7 Å². The fourth-order valence-electron chi connectivity index (χ4n) is 5.30. The number of carbonyl (C=O) groups excluding carboxylic acids is 1. The minimum absolute atomic E-state index is 0.0891. The number of anilines is 1. The zero-order valence-electron chi connectivity index (χ0n) is 16.7. The molecule has 1 unspecified atom stereocenters. The third-order valence-electron chi connectivity index (χ3n) is 6.82. The SMILES string of the molecule is O=C(N[C@H]1c2ncccc2N[C@@H](C2CCCC2)C1C1CC1)OCc1ccccc1. The molecule has 1 aliphatic heterocycles. The first-order valence-electron chi connectivity index (χ1n) is 11.0. The summed E-state index contributed by atoms with van der Waals surface area (Å²) in [6.07, 6.45) is 9.15. The molecule has 29 heavy (non-hydrogen) atoms. The molecule has 0 spiro atoms. The summed E-state index contributed by atoms with van der Waals surface area (Å²) in [6.45, 7) is 0.285. The molecule has 0 radical (unpaired) electrons. The average Bonchev–Trinajstić information content (AvgIpc) is 3.45. The number of nitrogens with one attached hydrogen (secondary N) is 2. The van der Waals surface area contributed by atoms with Crippen LogP contribution < -0.4 is 10.6 Å². The number of carbonyl (C=O) groups is 1. The highest BCUT2D eigenvalue weighted by molar-refractivity contribution is 5.69. The van der Waals surface area contributed by atoms with Gasteiger partial charge in [0.25, 0.3) is 0 Å². The lowest BCUT2D eigenvalue weighted by molar-refractivity contribution is 0.124. The molecular formula is C24H29N3O2. The summed E-state index contributed by atoms with van der Waals surface area (Å²) in [5.74, 6) is 1.71. The van der Waals surface area contributed by atoms with E-state index in [0.29, 0.717) is 23.8 Å². The van der Waals surface area contributed by atoms with Crippen molar-refractivity contribution in [2.75, 3.05) is 5.32 Å². The largest absolute Gasteiger partial charge is 0.445 e. The van der Waals surface area contributed by atoms with Crippen LogP contribution in [0.25, 0.3) is 0 Å². The number of benzene rings is 1. The number of hydrogen-bond donors (Lipinski definition) is 2. The van der Waals surface area contributed by atoms with Gasteiger partial charge in [0.05, 0.1) is 17.4 Å². The van der Waals surface area contributed by atoms with E-state index in [1.54, 1.807) is 0 Å². The number of nitrogens with zero attached hydrogens (tertiary/aromatic N) is 1. The van der Waals surface area contributed by atoms with Gasteiger partial charge in [0.15, 0.2) is 0 Å². The van der Waals surface area contributed by atoms with Crippen molar-refractivity contribution < 1.29 is 9.53 Å². The minimum atomic E-state index is -0.354. The Labute approximate surface area is 172 Å². The number of aromatic nitrogens is 1. The third kappa shape index (κ3) is 3.96. The molecule has 0 saturated heterocycles. The summed E-state index contributed by atoms with van der Waals surface area (Å²) < 4.78 is 5.56. The van der Waals surface area contributed by atoms with Crippen LogP contribution in [0.2, 0.25) is 0 Å². The normalized spacial score (nSPS) is 26.4. The molecule has 2 N–H and O–H groups in total. The van der Waals surface area contributed by atoms with Crippen molar-refractivity contribution in [2.24, 2.45) is 17.8 Å². The molecular weight excluding hydrogens is 362 g/mol. The van der Waals surface area contributed by atoms with Gasteiger partial charge in [-0.25, -0.2) is 4.79 Å². The average molecular weight is 392 g/mol. The van der Waals surface area contributed by atoms with Gasteiger partial charge in [-0.1, -0.05) is 43.2 Å². The van der Waals surface area contributed by atoms with E-state index in [0.717, 1.165) is 16.9 Å². The van der Waals surface area contributed by atoms with Crippen molar-refractivity contribution in [3.63, 3.8) is 0 Å². The lowest BCUT2D eigenvalue weighted by Gasteiger charge is -2.43. The topological polar surface area (TPSA) is 63.2 Å². The van der Waals surface area contributed by atoms with Crippen LogP contribution in [0, 0.1) is 17.8 Å². The van der Waals surface area contributed by atoms with Gasteiger partial charge < -0.3 is 15.4 Å². The molecule has 2 aromatic rings. The monoisotopic (exact) mass is 391 g/mol. The van der Waals surface area contributed by atoms with Crippen molar-refractivity contribution in [2.45, 2.75) is 57.2 Å². The number of fused-ring (bicyclic) bond motifs is 1. The van der Waals surface area contributed by atoms with Gasteiger partial charge in [0.2, 0.25) is 0 Å². The maximum atomic E-state index is 12.7. The molecule has 2 saturated carbocycles. The van der Waals surface area contributed by atoms with Gasteiger partial charge >= 0.3 is 6.09 Å². The first-order valence-corrected chi connectivity index (χ1v) is 11.0. The Balaban J connectivity index is 1.37. The zero-order chi connectivity index (χ0) is 19.6. The van der Waals surface area contributed by atoms with E-state index < -0.39 is 0 Å². The number of rotatable bonds is 5. The van der Waals surface area contributed by atoms with Gasteiger partial charge in [-0.15, -0.1) is 0 Å². The molecule has 3 atom stereocenters. The second-order valence-corrected chi connectivity index (χ2v) is 8.75. The summed E-state index contributed by atoms with van der Waals surface area (Å²) >= 11 is 0. The molecule has 2 heterocycles. The number of alkyl carbamates (subject to hydrolysis) is 1. The van der Waals surface area contributed by atoms with E-state index in [1.807, 2.05) is 42.6 Å². The van der Waals surface area contributed by atoms with Crippen molar-refractivity contribution in [1.82, 2.24) is 10.3 Å². The summed E-state index contributed by atoms with van der Waals surface area (Å²) in [5, 5.41) is 7.02. The summed E-state index contributed by atoms with van der Waals surface area (Å²) in [6, 6.07) is 14.2. The highest BCUT2D eigenvalue weighted by Gasteiger charge is 2.49. The Morgan fingerprint density at radius 1 is 1.03 bits per heavy atom. The Morgan fingerprint density at radius 2 is 1.83 bits per heavy atom. The van der Waals surface area contributed by atoms with E-state index in [4.69, 9.17) is 4.74 Å². The summed E-state index contributed by atoms with van der Waals surface area (Å²) in [4.78, 5) is 17.4. The predicted octanol–water partition coefficient (Wildman–Crippen LogP) is 5.06. The standard InChI is InChI=1S/C24H29N3O2/c28-24(29-15-16-7-2-1-3-8-16)27-23-20(17-12-13-17)21(18-9-4-5-10-18)26-19-11-6-14-25-22(19)23/h1-3,6-8,11,14,17-18,20-21,23,26H,4-5,9-10,12-13,15H2,(H,27,28)/t20?,21-,23+/m0/s1. The second kappa shape index (κ2) is 8.05. The molecule has 152 valence electrons. The molecule has 1 amide bonds. The summed E-state index contributed by atoms with van der Waals surface area (Å²) in [5.41, 5.74) is 3.01. The van der Waals surface area contributed by atoms with Crippen LogP contribution >= 0.6 is 0 Å². The molecule has 5 rings (SSSR count). The molecule has 3 aliphatic rings. The molecule has 0 bridgehead atoms.